The number of halogens is 1. The molecule has 0 radical (unpaired) electrons. The van der Waals surface area contributed by atoms with Gasteiger partial charge in [0.15, 0.2) is 5.16 Å². The topological polar surface area (TPSA) is 81.5 Å². The molecule has 1 aliphatic carbocycles. The van der Waals surface area contributed by atoms with Gasteiger partial charge in [-0.3, -0.25) is 19.0 Å². The normalized spacial score (nSPS) is 17.3. The molecule has 0 N–H and O–H groups in total. The molecule has 0 bridgehead atoms. The van der Waals surface area contributed by atoms with Crippen LogP contribution in [-0.4, -0.2) is 33.7 Å². The van der Waals surface area contributed by atoms with Crippen molar-refractivity contribution in [2.75, 3.05) is 12.0 Å². The number of methoxy groups -OCH3 is 1. The van der Waals surface area contributed by atoms with E-state index in [1.54, 1.807) is 71.5 Å². The van der Waals surface area contributed by atoms with Crippen molar-refractivity contribution in [3.8, 4) is 11.4 Å². The number of aryl methyl sites for hydroxylation is 2. The van der Waals surface area contributed by atoms with Crippen molar-refractivity contribution in [3.63, 3.8) is 0 Å². The minimum Gasteiger partial charge on any atom is -0.497 e. The van der Waals surface area contributed by atoms with Crippen molar-refractivity contribution >= 4 is 62.4 Å². The molecule has 1 saturated heterocycles. The van der Waals surface area contributed by atoms with Gasteiger partial charge in [0.1, 0.15) is 15.8 Å². The summed E-state index contributed by atoms with van der Waals surface area (Å²) in [5.41, 5.74) is 1.99. The number of nitrogens with zero attached hydrogens (tertiary/aromatic N) is 3. The van der Waals surface area contributed by atoms with Gasteiger partial charge < -0.3 is 4.74 Å². The van der Waals surface area contributed by atoms with Crippen LogP contribution in [0.4, 0.5) is 5.69 Å². The Hall–Kier alpha value is -3.14. The Morgan fingerprint density at radius 1 is 1.08 bits per heavy atom. The first kappa shape index (κ1) is 23.3. The molecular weight excluding hydrogens is 518 g/mol. The zero-order chi connectivity index (χ0) is 25.0. The number of hydrogen-bond acceptors (Lipinski definition) is 7. The number of hydrogen-bond donors (Lipinski definition) is 0. The van der Waals surface area contributed by atoms with Crippen LogP contribution in [-0.2, 0) is 22.4 Å². The number of thiophene rings is 1. The fourth-order valence-electron chi connectivity index (χ4n) is 4.77. The van der Waals surface area contributed by atoms with Crippen LogP contribution in [0.3, 0.4) is 0 Å². The lowest BCUT2D eigenvalue weighted by Crippen LogP contribution is -2.31. The molecule has 2 amide bonds. The molecule has 0 saturated carbocycles. The molecule has 1 fully saturated rings. The van der Waals surface area contributed by atoms with E-state index in [0.717, 1.165) is 41.5 Å². The number of thioether (sulfide) groups is 1. The van der Waals surface area contributed by atoms with Gasteiger partial charge in [-0.2, -0.15) is 0 Å². The van der Waals surface area contributed by atoms with Crippen molar-refractivity contribution in [1.82, 2.24) is 9.55 Å². The fraction of sp³-hybridized carbons (Fsp3) is 0.231. The molecular formula is C26H20ClN3O4S2. The smallest absolute Gasteiger partial charge is 0.267 e. The lowest BCUT2D eigenvalue weighted by Gasteiger charge is -2.16. The maximum absolute atomic E-state index is 13.9. The van der Waals surface area contributed by atoms with Crippen molar-refractivity contribution in [1.29, 1.82) is 0 Å². The van der Waals surface area contributed by atoms with Crippen LogP contribution >= 0.6 is 34.7 Å². The summed E-state index contributed by atoms with van der Waals surface area (Å²) in [5.74, 6) is 0.00560. The average Bonchev–Trinajstić information content (AvgIpc) is 3.52. The van der Waals surface area contributed by atoms with Gasteiger partial charge in [0.05, 0.1) is 23.9 Å². The number of imide groups is 1. The second-order valence-corrected chi connectivity index (χ2v) is 11.3. The van der Waals surface area contributed by atoms with E-state index in [1.165, 1.54) is 4.88 Å². The number of rotatable bonds is 5. The Morgan fingerprint density at radius 2 is 1.89 bits per heavy atom. The van der Waals surface area contributed by atoms with Crippen LogP contribution in [0.15, 0.2) is 58.5 Å². The Morgan fingerprint density at radius 3 is 2.64 bits per heavy atom. The largest absolute Gasteiger partial charge is 0.497 e. The van der Waals surface area contributed by atoms with Gasteiger partial charge in [-0.1, -0.05) is 29.4 Å². The lowest BCUT2D eigenvalue weighted by molar-refractivity contribution is -0.121. The second kappa shape index (κ2) is 9.06. The highest BCUT2D eigenvalue weighted by Crippen LogP contribution is 2.38. The minimum absolute atomic E-state index is 0.00741. The monoisotopic (exact) mass is 537 g/mol. The van der Waals surface area contributed by atoms with E-state index in [-0.39, 0.29) is 23.8 Å². The third-order valence-corrected chi connectivity index (χ3v) is 9.02. The van der Waals surface area contributed by atoms with Crippen LogP contribution in [0.5, 0.6) is 5.75 Å². The standard InChI is InChI=1S/C26H20ClN3O4S2/c1-34-17-10-8-15(9-11-17)30-25(33)22-18-6-3-7-19(18)35-23(22)28-26(30)36-20-13-21(31)29(24(20)32)16-5-2-4-14(27)12-16/h2,4-5,8-12,20H,3,6-7,13H2,1H3/t20-/m1/s1. The summed E-state index contributed by atoms with van der Waals surface area (Å²) < 4.78 is 6.83. The molecule has 1 atom stereocenters. The number of carbonyl (C=O) groups excluding carboxylic acids is 2. The lowest BCUT2D eigenvalue weighted by atomic mass is 10.2. The maximum Gasteiger partial charge on any atom is 0.267 e. The van der Waals surface area contributed by atoms with E-state index in [1.807, 2.05) is 0 Å². The van der Waals surface area contributed by atoms with Crippen LogP contribution in [0.1, 0.15) is 23.3 Å². The van der Waals surface area contributed by atoms with Crippen LogP contribution in [0, 0.1) is 0 Å². The fourth-order valence-corrected chi connectivity index (χ4v) is 7.39. The molecule has 2 aliphatic rings. The Bertz CT molecular complexity index is 1600. The zero-order valence-corrected chi connectivity index (χ0v) is 21.6. The number of anilines is 1. The molecule has 0 spiro atoms. The molecule has 36 heavy (non-hydrogen) atoms. The SMILES string of the molecule is COc1ccc(-n2c(S[C@@H]3CC(=O)N(c4cccc(Cl)c4)C3=O)nc3sc4c(c3c2=O)CCC4)cc1. The van der Waals surface area contributed by atoms with Crippen molar-refractivity contribution in [2.45, 2.75) is 36.1 Å². The van der Waals surface area contributed by atoms with Gasteiger partial charge in [0.2, 0.25) is 11.8 Å². The van der Waals surface area contributed by atoms with Crippen LogP contribution in [0.2, 0.25) is 5.02 Å². The molecule has 2 aromatic carbocycles. The van der Waals surface area contributed by atoms with Crippen LogP contribution < -0.4 is 15.2 Å². The molecule has 4 aromatic rings. The zero-order valence-electron chi connectivity index (χ0n) is 19.2. The molecule has 10 heteroatoms. The summed E-state index contributed by atoms with van der Waals surface area (Å²) in [4.78, 5) is 48.0. The first-order valence-electron chi connectivity index (χ1n) is 11.5. The Balaban J connectivity index is 1.44. The third kappa shape index (κ3) is 3.82. The van der Waals surface area contributed by atoms with Crippen LogP contribution in [0.25, 0.3) is 15.9 Å². The highest BCUT2D eigenvalue weighted by molar-refractivity contribution is 8.00. The Kier molecular flexibility index (Phi) is 5.86. The number of aromatic nitrogens is 2. The number of carbonyl (C=O) groups is 2. The summed E-state index contributed by atoms with van der Waals surface area (Å²) in [6.07, 6.45) is 2.86. The number of ether oxygens (including phenoxy) is 1. The summed E-state index contributed by atoms with van der Waals surface area (Å²) in [5, 5.41) is 0.770. The van der Waals surface area contributed by atoms with Crippen molar-refractivity contribution in [2.24, 2.45) is 0 Å². The van der Waals surface area contributed by atoms with E-state index in [2.05, 4.69) is 0 Å². The van der Waals surface area contributed by atoms with Gasteiger partial charge in [-0.05, 0) is 67.3 Å². The third-order valence-electron chi connectivity index (χ3n) is 6.46. The molecule has 0 unspecified atom stereocenters. The van der Waals surface area contributed by atoms with Crippen molar-refractivity contribution in [3.05, 3.63) is 74.3 Å². The number of fused-ring (bicyclic) bond motifs is 3. The minimum atomic E-state index is -0.711. The molecule has 7 nitrogen and oxygen atoms in total. The molecule has 182 valence electrons. The predicted molar refractivity (Wildman–Crippen MR) is 142 cm³/mol. The predicted octanol–water partition coefficient (Wildman–Crippen LogP) is 5.02. The summed E-state index contributed by atoms with van der Waals surface area (Å²) in [7, 11) is 1.58. The van der Waals surface area contributed by atoms with E-state index in [9.17, 15) is 14.4 Å². The van der Waals surface area contributed by atoms with E-state index < -0.39 is 5.25 Å². The highest BCUT2D eigenvalue weighted by Gasteiger charge is 2.41. The molecule has 1 aliphatic heterocycles. The highest BCUT2D eigenvalue weighted by atomic mass is 35.5. The summed E-state index contributed by atoms with van der Waals surface area (Å²) in [6.45, 7) is 0. The van der Waals surface area contributed by atoms with Gasteiger partial charge in [0, 0.05) is 16.3 Å². The summed E-state index contributed by atoms with van der Waals surface area (Å²) >= 11 is 8.79. The van der Waals surface area contributed by atoms with Gasteiger partial charge in [-0.15, -0.1) is 11.3 Å². The Labute approximate surface area is 219 Å². The van der Waals surface area contributed by atoms with E-state index in [0.29, 0.717) is 37.5 Å². The van der Waals surface area contributed by atoms with Gasteiger partial charge in [0.25, 0.3) is 5.56 Å². The van der Waals surface area contributed by atoms with E-state index >= 15 is 0 Å². The average molecular weight is 538 g/mol. The number of benzene rings is 2. The maximum atomic E-state index is 13.9. The van der Waals surface area contributed by atoms with E-state index in [4.69, 9.17) is 21.3 Å². The second-order valence-electron chi connectivity index (χ2n) is 8.63. The van der Waals surface area contributed by atoms with Gasteiger partial charge >= 0.3 is 0 Å². The first-order valence-corrected chi connectivity index (χ1v) is 13.5. The van der Waals surface area contributed by atoms with Crippen molar-refractivity contribution < 1.29 is 14.3 Å². The first-order chi connectivity index (χ1) is 17.4. The number of amides is 2. The molecule has 6 rings (SSSR count). The van der Waals surface area contributed by atoms with Gasteiger partial charge in [-0.25, -0.2) is 9.88 Å². The molecule has 2 aromatic heterocycles. The summed E-state index contributed by atoms with van der Waals surface area (Å²) in [6, 6.07) is 13.8. The quantitative estimate of drug-likeness (QED) is 0.262. The molecule has 3 heterocycles.